The van der Waals surface area contributed by atoms with Crippen LogP contribution in [-0.4, -0.2) is 67.6 Å². The Hall–Kier alpha value is -2.48. The SMILES string of the molecule is COc1ccccc1OC(C)CNC(=O)N1CCOC(C(=O)O)C1. The Balaban J connectivity index is 1.81. The minimum absolute atomic E-state index is 0.0307. The molecule has 1 heterocycles. The van der Waals surface area contributed by atoms with Gasteiger partial charge >= 0.3 is 12.0 Å². The molecule has 0 radical (unpaired) electrons. The number of amides is 2. The molecule has 0 bridgehead atoms. The molecule has 2 N–H and O–H groups in total. The van der Waals surface area contributed by atoms with E-state index in [-0.39, 0.29) is 31.8 Å². The maximum atomic E-state index is 12.1. The number of hydrogen-bond donors (Lipinski definition) is 2. The molecule has 1 saturated heterocycles. The summed E-state index contributed by atoms with van der Waals surface area (Å²) in [6.45, 7) is 2.70. The molecule has 1 aromatic carbocycles. The summed E-state index contributed by atoms with van der Waals surface area (Å²) in [5.74, 6) is 0.146. The quantitative estimate of drug-likeness (QED) is 0.802. The minimum atomic E-state index is -1.07. The van der Waals surface area contributed by atoms with Crippen molar-refractivity contribution in [2.45, 2.75) is 19.1 Å². The Kier molecular flexibility index (Phi) is 6.25. The highest BCUT2D eigenvalue weighted by Crippen LogP contribution is 2.26. The molecule has 1 aromatic rings. The lowest BCUT2D eigenvalue weighted by Crippen LogP contribution is -2.52. The number of morpholine rings is 1. The van der Waals surface area contributed by atoms with Crippen molar-refractivity contribution in [2.24, 2.45) is 0 Å². The van der Waals surface area contributed by atoms with Crippen LogP contribution >= 0.6 is 0 Å². The van der Waals surface area contributed by atoms with Gasteiger partial charge in [-0.1, -0.05) is 12.1 Å². The van der Waals surface area contributed by atoms with Gasteiger partial charge in [0, 0.05) is 6.54 Å². The number of rotatable bonds is 6. The summed E-state index contributed by atoms with van der Waals surface area (Å²) in [4.78, 5) is 24.5. The molecule has 1 aliphatic heterocycles. The summed E-state index contributed by atoms with van der Waals surface area (Å²) in [6.07, 6.45) is -1.26. The fourth-order valence-corrected chi connectivity index (χ4v) is 2.30. The van der Waals surface area contributed by atoms with E-state index in [1.165, 1.54) is 4.90 Å². The molecule has 24 heavy (non-hydrogen) atoms. The van der Waals surface area contributed by atoms with E-state index in [2.05, 4.69) is 5.32 Å². The molecule has 0 aromatic heterocycles. The summed E-state index contributed by atoms with van der Waals surface area (Å²) in [7, 11) is 1.56. The molecule has 1 fully saturated rings. The van der Waals surface area contributed by atoms with E-state index >= 15 is 0 Å². The zero-order valence-electron chi connectivity index (χ0n) is 13.7. The van der Waals surface area contributed by atoms with Crippen LogP contribution in [0, 0.1) is 0 Å². The number of carbonyl (C=O) groups is 2. The van der Waals surface area contributed by atoms with E-state index in [9.17, 15) is 9.59 Å². The second kappa shape index (κ2) is 8.39. The van der Waals surface area contributed by atoms with Crippen molar-refractivity contribution in [2.75, 3.05) is 33.4 Å². The average molecular weight is 338 g/mol. The Morgan fingerprint density at radius 2 is 2.12 bits per heavy atom. The lowest BCUT2D eigenvalue weighted by Gasteiger charge is -2.31. The Bertz CT molecular complexity index is 579. The van der Waals surface area contributed by atoms with Gasteiger partial charge in [-0.05, 0) is 19.1 Å². The van der Waals surface area contributed by atoms with Gasteiger partial charge in [0.15, 0.2) is 17.6 Å². The lowest BCUT2D eigenvalue weighted by molar-refractivity contribution is -0.154. The molecule has 8 heteroatoms. The van der Waals surface area contributed by atoms with Gasteiger partial charge in [-0.15, -0.1) is 0 Å². The van der Waals surface area contributed by atoms with Gasteiger partial charge < -0.3 is 29.5 Å². The summed E-state index contributed by atoms with van der Waals surface area (Å²) in [5.41, 5.74) is 0. The molecular formula is C16H22N2O6. The number of hydrogen-bond acceptors (Lipinski definition) is 5. The highest BCUT2D eigenvalue weighted by Gasteiger charge is 2.29. The van der Waals surface area contributed by atoms with Crippen LogP contribution in [-0.2, 0) is 9.53 Å². The summed E-state index contributed by atoms with van der Waals surface area (Å²) in [6, 6.07) is 6.93. The largest absolute Gasteiger partial charge is 0.493 e. The molecular weight excluding hydrogens is 316 g/mol. The first-order chi connectivity index (χ1) is 11.5. The standard InChI is InChI=1S/C16H22N2O6/c1-11(24-13-6-4-3-5-12(13)22-2)9-17-16(21)18-7-8-23-14(10-18)15(19)20/h3-6,11,14H,7-10H2,1-2H3,(H,17,21)(H,19,20). The first-order valence-electron chi connectivity index (χ1n) is 7.68. The third-order valence-corrected chi connectivity index (χ3v) is 3.57. The molecule has 8 nitrogen and oxygen atoms in total. The zero-order valence-corrected chi connectivity index (χ0v) is 13.7. The van der Waals surface area contributed by atoms with Crippen molar-refractivity contribution in [1.82, 2.24) is 10.2 Å². The molecule has 0 saturated carbocycles. The van der Waals surface area contributed by atoms with Gasteiger partial charge in [0.25, 0.3) is 0 Å². The predicted molar refractivity (Wildman–Crippen MR) is 85.4 cm³/mol. The smallest absolute Gasteiger partial charge is 0.334 e. The summed E-state index contributed by atoms with van der Waals surface area (Å²) < 4.78 is 16.1. The maximum absolute atomic E-state index is 12.1. The van der Waals surface area contributed by atoms with Crippen LogP contribution in [0.2, 0.25) is 0 Å². The Morgan fingerprint density at radius 3 is 2.79 bits per heavy atom. The Labute approximate surface area is 140 Å². The monoisotopic (exact) mass is 338 g/mol. The number of para-hydroxylation sites is 2. The van der Waals surface area contributed by atoms with Crippen LogP contribution in [0.1, 0.15) is 6.92 Å². The number of carboxylic acids is 1. The molecule has 2 rings (SSSR count). The number of carbonyl (C=O) groups excluding carboxylic acids is 1. The van der Waals surface area contributed by atoms with Crippen LogP contribution in [0.3, 0.4) is 0 Å². The number of aliphatic carboxylic acids is 1. The number of urea groups is 1. The first-order valence-corrected chi connectivity index (χ1v) is 7.68. The maximum Gasteiger partial charge on any atom is 0.334 e. The van der Waals surface area contributed by atoms with Crippen molar-refractivity contribution in [1.29, 1.82) is 0 Å². The van der Waals surface area contributed by atoms with E-state index in [1.54, 1.807) is 19.2 Å². The van der Waals surface area contributed by atoms with Crippen LogP contribution in [0.5, 0.6) is 11.5 Å². The molecule has 2 amide bonds. The molecule has 1 aliphatic rings. The zero-order chi connectivity index (χ0) is 17.5. The summed E-state index contributed by atoms with van der Waals surface area (Å²) in [5, 5.41) is 11.7. The van der Waals surface area contributed by atoms with Crippen LogP contribution < -0.4 is 14.8 Å². The molecule has 2 unspecified atom stereocenters. The van der Waals surface area contributed by atoms with Crippen molar-refractivity contribution >= 4 is 12.0 Å². The fourth-order valence-electron chi connectivity index (χ4n) is 2.30. The van der Waals surface area contributed by atoms with Gasteiger partial charge in [-0.3, -0.25) is 0 Å². The van der Waals surface area contributed by atoms with Crippen LogP contribution in [0.4, 0.5) is 4.79 Å². The van der Waals surface area contributed by atoms with Gasteiger partial charge in [0.2, 0.25) is 0 Å². The molecule has 2 atom stereocenters. The highest BCUT2D eigenvalue weighted by atomic mass is 16.5. The summed E-state index contributed by atoms with van der Waals surface area (Å²) >= 11 is 0. The van der Waals surface area contributed by atoms with E-state index < -0.39 is 12.1 Å². The van der Waals surface area contributed by atoms with Crippen molar-refractivity contribution in [3.8, 4) is 11.5 Å². The van der Waals surface area contributed by atoms with Crippen molar-refractivity contribution < 1.29 is 28.9 Å². The normalized spacial score (nSPS) is 18.6. The highest BCUT2D eigenvalue weighted by molar-refractivity contribution is 5.77. The lowest BCUT2D eigenvalue weighted by atomic mass is 10.3. The number of ether oxygens (including phenoxy) is 3. The number of carboxylic acid groups (broad SMARTS) is 1. The van der Waals surface area contributed by atoms with E-state index in [0.29, 0.717) is 18.0 Å². The average Bonchev–Trinajstić information content (AvgIpc) is 2.60. The second-order valence-electron chi connectivity index (χ2n) is 5.41. The van der Waals surface area contributed by atoms with Gasteiger partial charge in [-0.2, -0.15) is 0 Å². The molecule has 132 valence electrons. The van der Waals surface area contributed by atoms with Gasteiger partial charge in [0.1, 0.15) is 6.10 Å². The minimum Gasteiger partial charge on any atom is -0.493 e. The van der Waals surface area contributed by atoms with Gasteiger partial charge in [0.05, 0.1) is 26.8 Å². The number of benzene rings is 1. The van der Waals surface area contributed by atoms with Gasteiger partial charge in [-0.25, -0.2) is 9.59 Å². The molecule has 0 aliphatic carbocycles. The van der Waals surface area contributed by atoms with Crippen LogP contribution in [0.15, 0.2) is 24.3 Å². The van der Waals surface area contributed by atoms with E-state index in [0.717, 1.165) is 0 Å². The first kappa shape index (κ1) is 17.9. The van der Waals surface area contributed by atoms with E-state index in [4.69, 9.17) is 19.3 Å². The van der Waals surface area contributed by atoms with E-state index in [1.807, 2.05) is 19.1 Å². The number of methoxy groups -OCH3 is 1. The molecule has 0 spiro atoms. The van der Waals surface area contributed by atoms with Crippen molar-refractivity contribution in [3.05, 3.63) is 24.3 Å². The second-order valence-corrected chi connectivity index (χ2v) is 5.41. The predicted octanol–water partition coefficient (Wildman–Crippen LogP) is 0.958. The third kappa shape index (κ3) is 4.76. The third-order valence-electron chi connectivity index (χ3n) is 3.57. The number of nitrogens with zero attached hydrogens (tertiary/aromatic N) is 1. The fraction of sp³-hybridized carbons (Fsp3) is 0.500. The number of nitrogens with one attached hydrogen (secondary N) is 1. The van der Waals surface area contributed by atoms with Crippen LogP contribution in [0.25, 0.3) is 0 Å². The Morgan fingerprint density at radius 1 is 1.42 bits per heavy atom. The topological polar surface area (TPSA) is 97.3 Å². The van der Waals surface area contributed by atoms with Crippen molar-refractivity contribution in [3.63, 3.8) is 0 Å².